The lowest BCUT2D eigenvalue weighted by molar-refractivity contribution is 0.414. The minimum atomic E-state index is -0.391. The van der Waals surface area contributed by atoms with Crippen molar-refractivity contribution in [2.75, 3.05) is 0 Å². The van der Waals surface area contributed by atoms with Gasteiger partial charge >= 0.3 is 0 Å². The van der Waals surface area contributed by atoms with Crippen molar-refractivity contribution in [2.45, 2.75) is 77.2 Å². The maximum Gasteiger partial charge on any atom is 0.0410 e. The van der Waals surface area contributed by atoms with Crippen LogP contribution < -0.4 is 5.73 Å². The van der Waals surface area contributed by atoms with Crippen molar-refractivity contribution in [2.24, 2.45) is 5.73 Å². The van der Waals surface area contributed by atoms with Gasteiger partial charge < -0.3 is 5.73 Å². The molecular formula is C42H47N. The van der Waals surface area contributed by atoms with E-state index in [2.05, 4.69) is 162 Å². The van der Waals surface area contributed by atoms with Crippen LogP contribution in [0.15, 0.2) is 127 Å². The lowest BCUT2D eigenvalue weighted by Crippen LogP contribution is -2.35. The number of nitrogens with two attached hydrogens (primary N) is 1. The molecule has 1 heteroatoms. The second kappa shape index (κ2) is 13.1. The smallest absolute Gasteiger partial charge is 0.0410 e. The van der Waals surface area contributed by atoms with Crippen molar-refractivity contribution in [3.8, 4) is 22.3 Å². The molecule has 43 heavy (non-hydrogen) atoms. The van der Waals surface area contributed by atoms with E-state index < -0.39 is 5.54 Å². The molecule has 0 fully saturated rings. The Kier molecular flexibility index (Phi) is 9.33. The molecule has 0 aromatic heterocycles. The quantitative estimate of drug-likeness (QED) is 0.179. The third kappa shape index (κ3) is 7.00. The van der Waals surface area contributed by atoms with Crippen LogP contribution in [-0.4, -0.2) is 0 Å². The van der Waals surface area contributed by atoms with E-state index in [0.717, 1.165) is 25.7 Å². The summed E-state index contributed by atoms with van der Waals surface area (Å²) in [5.41, 5.74) is 18.5. The lowest BCUT2D eigenvalue weighted by Gasteiger charge is -2.31. The van der Waals surface area contributed by atoms with Crippen LogP contribution >= 0.6 is 0 Å². The molecule has 0 amide bonds. The first-order valence-electron chi connectivity index (χ1n) is 16.0. The van der Waals surface area contributed by atoms with Gasteiger partial charge in [-0.1, -0.05) is 156 Å². The van der Waals surface area contributed by atoms with Gasteiger partial charge in [-0.2, -0.15) is 0 Å². The van der Waals surface area contributed by atoms with Gasteiger partial charge in [-0.05, 0) is 87.2 Å². The van der Waals surface area contributed by atoms with E-state index in [-0.39, 0.29) is 5.41 Å². The molecule has 0 aliphatic heterocycles. The summed E-state index contributed by atoms with van der Waals surface area (Å²) in [7, 11) is 0. The third-order valence-electron chi connectivity index (χ3n) is 9.29. The summed E-state index contributed by atoms with van der Waals surface area (Å²) in [6.07, 6.45) is 3.89. The minimum absolute atomic E-state index is 0.137. The molecule has 0 aliphatic carbocycles. The highest BCUT2D eigenvalue weighted by molar-refractivity contribution is 5.75. The average molecular weight is 566 g/mol. The molecule has 220 valence electrons. The van der Waals surface area contributed by atoms with E-state index >= 15 is 0 Å². The Morgan fingerprint density at radius 3 is 1.70 bits per heavy atom. The lowest BCUT2D eigenvalue weighted by atomic mass is 9.79. The van der Waals surface area contributed by atoms with Crippen molar-refractivity contribution in [3.05, 3.63) is 155 Å². The molecule has 1 atom stereocenters. The summed E-state index contributed by atoms with van der Waals surface area (Å²) in [6.45, 7) is 11.2. The van der Waals surface area contributed by atoms with Gasteiger partial charge in [0.2, 0.25) is 0 Å². The number of hydrogen-bond acceptors (Lipinski definition) is 1. The van der Waals surface area contributed by atoms with Crippen LogP contribution in [0.2, 0.25) is 0 Å². The molecule has 5 aromatic carbocycles. The molecule has 5 rings (SSSR count). The second-order valence-corrected chi connectivity index (χ2v) is 13.1. The fourth-order valence-corrected chi connectivity index (χ4v) is 6.24. The predicted molar refractivity (Wildman–Crippen MR) is 186 cm³/mol. The summed E-state index contributed by atoms with van der Waals surface area (Å²) in [4.78, 5) is 0. The van der Waals surface area contributed by atoms with Crippen LogP contribution in [0.3, 0.4) is 0 Å². The van der Waals surface area contributed by atoms with Gasteiger partial charge in [0.25, 0.3) is 0 Å². The van der Waals surface area contributed by atoms with Crippen molar-refractivity contribution in [3.63, 3.8) is 0 Å². The van der Waals surface area contributed by atoms with Crippen molar-refractivity contribution in [1.29, 1.82) is 0 Å². The van der Waals surface area contributed by atoms with Crippen LogP contribution in [0, 0.1) is 0 Å². The summed E-state index contributed by atoms with van der Waals surface area (Å²) in [5.74, 6) is 0.341. The fourth-order valence-electron chi connectivity index (χ4n) is 6.24. The predicted octanol–water partition coefficient (Wildman–Crippen LogP) is 11.1. The van der Waals surface area contributed by atoms with Crippen LogP contribution in [0.1, 0.15) is 87.6 Å². The van der Waals surface area contributed by atoms with Gasteiger partial charge in [-0.3, -0.25) is 0 Å². The topological polar surface area (TPSA) is 26.0 Å². The summed E-state index contributed by atoms with van der Waals surface area (Å²) in [6, 6.07) is 46.9. The largest absolute Gasteiger partial charge is 0.321 e. The Morgan fingerprint density at radius 1 is 0.581 bits per heavy atom. The van der Waals surface area contributed by atoms with E-state index in [9.17, 15) is 0 Å². The molecule has 0 spiro atoms. The van der Waals surface area contributed by atoms with Crippen LogP contribution in [-0.2, 0) is 17.4 Å². The summed E-state index contributed by atoms with van der Waals surface area (Å²) < 4.78 is 0. The molecule has 5 aromatic rings. The SMILES string of the molecule is CCC(N)(CC)c1cc(-c2ccc(C(C)(C)C)cc2)ccc1-c1ccc(C(CCc2ccccc2)c2ccccc2)cc1. The standard InChI is InChI=1S/C42H47N/c1-6-42(43,7-2)40-30-36(32-23-26-37(27-24-32)41(3,4)5)25-29-39(40)35-21-19-34(20-22-35)38(33-16-12-9-13-17-33)28-18-31-14-10-8-11-15-31/h8-17,19-27,29-30,38H,6-7,18,28,43H2,1-5H3. The Balaban J connectivity index is 1.50. The van der Waals surface area contributed by atoms with E-state index in [0.29, 0.717) is 5.92 Å². The van der Waals surface area contributed by atoms with Gasteiger partial charge in [-0.15, -0.1) is 0 Å². The van der Waals surface area contributed by atoms with Gasteiger partial charge in [0.05, 0.1) is 0 Å². The summed E-state index contributed by atoms with van der Waals surface area (Å²) >= 11 is 0. The maximum atomic E-state index is 7.13. The van der Waals surface area contributed by atoms with Crippen LogP contribution in [0.5, 0.6) is 0 Å². The molecular weight excluding hydrogens is 518 g/mol. The first-order valence-corrected chi connectivity index (χ1v) is 16.0. The molecule has 0 bridgehead atoms. The van der Waals surface area contributed by atoms with E-state index in [1.807, 2.05) is 0 Å². The average Bonchev–Trinajstić information content (AvgIpc) is 3.05. The highest BCUT2D eigenvalue weighted by Gasteiger charge is 2.27. The third-order valence-corrected chi connectivity index (χ3v) is 9.29. The van der Waals surface area contributed by atoms with Gasteiger partial charge in [-0.25, -0.2) is 0 Å². The van der Waals surface area contributed by atoms with Gasteiger partial charge in [0, 0.05) is 11.5 Å². The fraction of sp³-hybridized carbons (Fsp3) is 0.286. The Bertz CT molecular complexity index is 1590. The second-order valence-electron chi connectivity index (χ2n) is 13.1. The van der Waals surface area contributed by atoms with E-state index in [4.69, 9.17) is 5.73 Å². The normalized spacial score (nSPS) is 12.7. The summed E-state index contributed by atoms with van der Waals surface area (Å²) in [5, 5.41) is 0. The molecule has 1 unspecified atom stereocenters. The Morgan fingerprint density at radius 2 is 1.12 bits per heavy atom. The first-order chi connectivity index (χ1) is 20.7. The van der Waals surface area contributed by atoms with Crippen molar-refractivity contribution < 1.29 is 0 Å². The van der Waals surface area contributed by atoms with Crippen LogP contribution in [0.25, 0.3) is 22.3 Å². The minimum Gasteiger partial charge on any atom is -0.321 e. The number of rotatable bonds is 10. The van der Waals surface area contributed by atoms with E-state index in [1.54, 1.807) is 0 Å². The zero-order valence-electron chi connectivity index (χ0n) is 26.6. The zero-order chi connectivity index (χ0) is 30.5. The van der Waals surface area contributed by atoms with Gasteiger partial charge in [0.1, 0.15) is 0 Å². The van der Waals surface area contributed by atoms with E-state index in [1.165, 1.54) is 50.1 Å². The first kappa shape index (κ1) is 30.5. The van der Waals surface area contributed by atoms with Gasteiger partial charge in [0.15, 0.2) is 0 Å². The molecule has 0 heterocycles. The zero-order valence-corrected chi connectivity index (χ0v) is 26.6. The molecule has 0 saturated carbocycles. The number of aryl methyl sites for hydroxylation is 1. The molecule has 0 radical (unpaired) electrons. The van der Waals surface area contributed by atoms with Crippen molar-refractivity contribution >= 4 is 0 Å². The molecule has 2 N–H and O–H groups in total. The maximum absolute atomic E-state index is 7.13. The molecule has 0 aliphatic rings. The molecule has 0 saturated heterocycles. The monoisotopic (exact) mass is 565 g/mol. The number of benzene rings is 5. The number of hydrogen-bond donors (Lipinski definition) is 1. The Labute approximate surface area is 259 Å². The van der Waals surface area contributed by atoms with Crippen LogP contribution in [0.4, 0.5) is 0 Å². The Hall–Kier alpha value is -3.94. The molecule has 1 nitrogen and oxygen atoms in total. The highest BCUT2D eigenvalue weighted by Crippen LogP contribution is 2.39. The van der Waals surface area contributed by atoms with Crippen molar-refractivity contribution in [1.82, 2.24) is 0 Å². The highest BCUT2D eigenvalue weighted by atomic mass is 14.7.